The van der Waals surface area contributed by atoms with Crippen LogP contribution in [0.3, 0.4) is 0 Å². The Bertz CT molecular complexity index is 1690. The van der Waals surface area contributed by atoms with Crippen molar-refractivity contribution in [1.29, 1.82) is 0 Å². The van der Waals surface area contributed by atoms with E-state index in [1.165, 1.54) is 56.7 Å². The van der Waals surface area contributed by atoms with Crippen molar-refractivity contribution in [3.8, 4) is 17.2 Å². The predicted molar refractivity (Wildman–Crippen MR) is 152 cm³/mol. The molecule has 1 fully saturated rings. The maximum Gasteiger partial charge on any atom is 0.335 e. The lowest BCUT2D eigenvalue weighted by Gasteiger charge is -2.42. The van der Waals surface area contributed by atoms with Crippen LogP contribution in [0.1, 0.15) is 34.7 Å². The molecule has 2 aromatic rings. The highest BCUT2D eigenvalue weighted by Gasteiger charge is 2.57. The number of allylic oxidation sites excluding steroid dienone is 6. The van der Waals surface area contributed by atoms with Gasteiger partial charge in [0.1, 0.15) is 17.2 Å². The molecule has 11 heteroatoms. The third kappa shape index (κ3) is 4.02. The molecule has 1 aliphatic heterocycles. The summed E-state index contributed by atoms with van der Waals surface area (Å²) in [5.74, 6) is -5.69. The summed E-state index contributed by atoms with van der Waals surface area (Å²) in [6.07, 6.45) is 3.32. The molecule has 0 spiro atoms. The number of fused-ring (bicyclic) bond motifs is 3. The first-order valence-corrected chi connectivity index (χ1v) is 13.9. The van der Waals surface area contributed by atoms with Crippen LogP contribution in [0.25, 0.3) is 0 Å². The number of methoxy groups -OCH3 is 2. The molecule has 2 aromatic carbocycles. The maximum atomic E-state index is 14.1. The summed E-state index contributed by atoms with van der Waals surface area (Å²) < 4.78 is 11.3. The number of nitrogens with zero attached hydrogens (tertiary/aromatic N) is 1. The van der Waals surface area contributed by atoms with Gasteiger partial charge in [0.2, 0.25) is 11.8 Å². The van der Waals surface area contributed by atoms with Gasteiger partial charge < -0.3 is 19.7 Å². The van der Waals surface area contributed by atoms with Crippen molar-refractivity contribution in [3.63, 3.8) is 0 Å². The van der Waals surface area contributed by atoms with E-state index < -0.39 is 47.2 Å². The second-order valence-corrected chi connectivity index (χ2v) is 11.4. The Hall–Kier alpha value is -4.51. The molecule has 0 radical (unpaired) electrons. The molecule has 4 atom stereocenters. The molecular formula is C31H24BrNO9. The monoisotopic (exact) mass is 633 g/mol. The number of carboxylic acid groups (broad SMARTS) is 1. The molecule has 0 bridgehead atoms. The van der Waals surface area contributed by atoms with Gasteiger partial charge in [-0.1, -0.05) is 17.7 Å². The predicted octanol–water partition coefficient (Wildman–Crippen LogP) is 4.07. The first kappa shape index (κ1) is 27.6. The fourth-order valence-electron chi connectivity index (χ4n) is 6.78. The van der Waals surface area contributed by atoms with Gasteiger partial charge in [0.15, 0.2) is 11.6 Å². The van der Waals surface area contributed by atoms with Gasteiger partial charge in [-0.05, 0) is 52.9 Å². The molecule has 4 aliphatic rings. The van der Waals surface area contributed by atoms with Gasteiger partial charge >= 0.3 is 5.97 Å². The minimum Gasteiger partial charge on any atom is -0.508 e. The van der Waals surface area contributed by atoms with Crippen LogP contribution in [0, 0.1) is 17.8 Å². The van der Waals surface area contributed by atoms with Crippen LogP contribution in [0.4, 0.5) is 5.69 Å². The number of halogens is 1. The number of aromatic hydroxyl groups is 1. The molecule has 3 aliphatic carbocycles. The molecule has 4 unspecified atom stereocenters. The number of anilines is 1. The number of carbonyl (C=O) groups is 5. The molecule has 1 heterocycles. The number of benzene rings is 2. The average Bonchev–Trinajstić information content (AvgIpc) is 3.23. The van der Waals surface area contributed by atoms with Gasteiger partial charge in [-0.3, -0.25) is 24.1 Å². The molecule has 2 amide bonds. The lowest BCUT2D eigenvalue weighted by atomic mass is 9.59. The number of hydrogen-bond donors (Lipinski definition) is 2. The maximum absolute atomic E-state index is 14.1. The molecule has 10 nitrogen and oxygen atoms in total. The zero-order valence-corrected chi connectivity index (χ0v) is 24.0. The van der Waals surface area contributed by atoms with E-state index >= 15 is 0 Å². The van der Waals surface area contributed by atoms with Crippen LogP contribution in [0.2, 0.25) is 0 Å². The Morgan fingerprint density at radius 3 is 2.33 bits per heavy atom. The second-order valence-electron chi connectivity index (χ2n) is 10.5. The molecule has 42 heavy (non-hydrogen) atoms. The van der Waals surface area contributed by atoms with Gasteiger partial charge in [0, 0.05) is 40.8 Å². The highest BCUT2D eigenvalue weighted by molar-refractivity contribution is 9.12. The fraction of sp³-hybridized carbons (Fsp3) is 0.258. The van der Waals surface area contributed by atoms with E-state index in [0.29, 0.717) is 11.1 Å². The number of carbonyl (C=O) groups excluding carboxylic acids is 4. The smallest absolute Gasteiger partial charge is 0.335 e. The number of rotatable bonds is 5. The van der Waals surface area contributed by atoms with Crippen molar-refractivity contribution < 1.29 is 43.7 Å². The second kappa shape index (κ2) is 10.1. The van der Waals surface area contributed by atoms with Crippen LogP contribution in [-0.2, 0) is 19.2 Å². The van der Waals surface area contributed by atoms with E-state index in [9.17, 15) is 34.2 Å². The largest absolute Gasteiger partial charge is 0.508 e. The van der Waals surface area contributed by atoms with E-state index in [1.54, 1.807) is 0 Å². The van der Waals surface area contributed by atoms with Crippen LogP contribution in [0.5, 0.6) is 17.2 Å². The van der Waals surface area contributed by atoms with Gasteiger partial charge in [-0.25, -0.2) is 4.79 Å². The zero-order chi connectivity index (χ0) is 30.0. The summed E-state index contributed by atoms with van der Waals surface area (Å²) in [5.41, 5.74) is 1.63. The quantitative estimate of drug-likeness (QED) is 0.282. The highest BCUT2D eigenvalue weighted by Crippen LogP contribution is 2.58. The molecule has 0 saturated carbocycles. The minimum atomic E-state index is -1.19. The topological polar surface area (TPSA) is 148 Å². The average molecular weight is 634 g/mol. The number of amides is 2. The minimum absolute atomic E-state index is 0.0527. The summed E-state index contributed by atoms with van der Waals surface area (Å²) in [6, 6.07) is 8.41. The van der Waals surface area contributed by atoms with Crippen LogP contribution in [-0.4, -0.2) is 53.8 Å². The number of hydrogen-bond acceptors (Lipinski definition) is 8. The highest BCUT2D eigenvalue weighted by atomic mass is 79.9. The molecular weight excluding hydrogens is 610 g/mol. The molecule has 2 N–H and O–H groups in total. The lowest BCUT2D eigenvalue weighted by molar-refractivity contribution is -0.123. The van der Waals surface area contributed by atoms with Crippen molar-refractivity contribution in [2.24, 2.45) is 17.8 Å². The fourth-order valence-corrected chi connectivity index (χ4v) is 7.23. The Balaban J connectivity index is 1.53. The van der Waals surface area contributed by atoms with Crippen LogP contribution < -0.4 is 14.4 Å². The number of carboxylic acids is 1. The van der Waals surface area contributed by atoms with Crippen molar-refractivity contribution >= 4 is 51.0 Å². The van der Waals surface area contributed by atoms with Crippen LogP contribution in [0.15, 0.2) is 69.8 Å². The third-order valence-corrected chi connectivity index (χ3v) is 9.09. The molecule has 6 rings (SSSR count). The van der Waals surface area contributed by atoms with Crippen molar-refractivity contribution in [2.45, 2.75) is 18.8 Å². The van der Waals surface area contributed by atoms with Crippen molar-refractivity contribution in [2.75, 3.05) is 19.1 Å². The van der Waals surface area contributed by atoms with Gasteiger partial charge in [-0.2, -0.15) is 0 Å². The number of ether oxygens (including phenoxy) is 2. The lowest BCUT2D eigenvalue weighted by Crippen LogP contribution is -2.39. The van der Waals surface area contributed by atoms with Crippen molar-refractivity contribution in [3.05, 3.63) is 80.9 Å². The molecule has 0 aromatic heterocycles. The van der Waals surface area contributed by atoms with Gasteiger partial charge in [0.25, 0.3) is 0 Å². The normalized spacial score (nSPS) is 25.0. The van der Waals surface area contributed by atoms with Crippen molar-refractivity contribution in [1.82, 2.24) is 0 Å². The van der Waals surface area contributed by atoms with Gasteiger partial charge in [-0.15, -0.1) is 0 Å². The number of aromatic carboxylic acids is 1. The number of ketones is 2. The standard InChI is InChI=1S/C31H24BrNO9/c1-41-22-9-15(34)10-23(42-2)27(22)26-16-6-7-17-24(18(16)11-19-25(26)21(35)12-20(32)28(19)36)30(38)33(29(17)37)14-5-3-4-13(8-14)31(39)40/h3-6,8-10,12,17-18,24,26,34H,7,11H2,1-2H3,(H,39,40). The Morgan fingerprint density at radius 2 is 1.69 bits per heavy atom. The summed E-state index contributed by atoms with van der Waals surface area (Å²) in [5, 5.41) is 19.8. The SMILES string of the molecule is COc1cc(O)cc(OC)c1C1C2=CCC3C(=O)N(c4cccc(C(=O)O)c4)C(=O)C3C2CC2=C1C(=O)C=C(Br)C2=O. The first-order chi connectivity index (χ1) is 20.1. The first-order valence-electron chi connectivity index (χ1n) is 13.1. The van der Waals surface area contributed by atoms with Gasteiger partial charge in [0.05, 0.1) is 41.8 Å². The number of Topliss-reactive ketones (excluding diaryl/α,β-unsaturated/α-hetero) is 1. The molecule has 214 valence electrons. The Morgan fingerprint density at radius 1 is 1.00 bits per heavy atom. The van der Waals surface area contributed by atoms with E-state index in [4.69, 9.17) is 9.47 Å². The summed E-state index contributed by atoms with van der Waals surface area (Å²) >= 11 is 3.20. The number of phenols is 1. The summed E-state index contributed by atoms with van der Waals surface area (Å²) in [4.78, 5) is 67.3. The third-order valence-electron chi connectivity index (χ3n) is 8.50. The van der Waals surface area contributed by atoms with E-state index in [-0.39, 0.29) is 62.8 Å². The van der Waals surface area contributed by atoms with Crippen LogP contribution >= 0.6 is 15.9 Å². The summed E-state index contributed by atoms with van der Waals surface area (Å²) in [7, 11) is 2.82. The Labute approximate surface area is 248 Å². The molecule has 1 saturated heterocycles. The Kier molecular flexibility index (Phi) is 6.64. The number of imide groups is 1. The van der Waals surface area contributed by atoms with E-state index in [2.05, 4.69) is 15.9 Å². The zero-order valence-electron chi connectivity index (χ0n) is 22.4. The number of phenolic OH excluding ortho intramolecular Hbond substituents is 1. The van der Waals surface area contributed by atoms with E-state index in [1.807, 2.05) is 6.08 Å². The summed E-state index contributed by atoms with van der Waals surface area (Å²) in [6.45, 7) is 0. The van der Waals surface area contributed by atoms with E-state index in [0.717, 1.165) is 4.90 Å².